The van der Waals surface area contributed by atoms with Crippen molar-refractivity contribution >= 4 is 55.6 Å². The van der Waals surface area contributed by atoms with Crippen LogP contribution in [0.5, 0.6) is 11.5 Å². The highest BCUT2D eigenvalue weighted by molar-refractivity contribution is 7.18. The Labute approximate surface area is 187 Å². The van der Waals surface area contributed by atoms with E-state index in [4.69, 9.17) is 21.1 Å². The number of nitrogens with one attached hydrogen (secondary N) is 1. The third kappa shape index (κ3) is 4.10. The van der Waals surface area contributed by atoms with Crippen molar-refractivity contribution in [1.82, 2.24) is 15.0 Å². The normalized spacial score (nSPS) is 11.0. The van der Waals surface area contributed by atoms with Gasteiger partial charge in [0, 0.05) is 22.2 Å². The zero-order valence-electron chi connectivity index (χ0n) is 16.5. The molecule has 0 radical (unpaired) electrons. The molecule has 2 heterocycles. The molecule has 0 aliphatic carbocycles. The van der Waals surface area contributed by atoms with Gasteiger partial charge in [-0.05, 0) is 36.4 Å². The van der Waals surface area contributed by atoms with Crippen molar-refractivity contribution in [1.29, 1.82) is 0 Å². The Balaban J connectivity index is 1.48. The van der Waals surface area contributed by atoms with Crippen LogP contribution in [0.4, 0.5) is 11.5 Å². The Bertz CT molecular complexity index is 1360. The second kappa shape index (κ2) is 8.37. The van der Waals surface area contributed by atoms with E-state index in [-0.39, 0.29) is 0 Å². The third-order valence-electron chi connectivity index (χ3n) is 4.70. The lowest BCUT2D eigenvalue weighted by Gasteiger charge is -2.13. The summed E-state index contributed by atoms with van der Waals surface area (Å²) in [5.74, 6) is 1.85. The molecular weight excluding hydrogens is 432 g/mol. The summed E-state index contributed by atoms with van der Waals surface area (Å²) < 4.78 is 12.8. The lowest BCUT2D eigenvalue weighted by atomic mass is 10.2. The zero-order valence-corrected chi connectivity index (χ0v) is 18.1. The van der Waals surface area contributed by atoms with Gasteiger partial charge in [0.15, 0.2) is 11.5 Å². The lowest BCUT2D eigenvalue weighted by Crippen LogP contribution is -2.00. The molecule has 0 aliphatic rings. The molecule has 8 heteroatoms. The Morgan fingerprint density at radius 3 is 2.71 bits per heavy atom. The van der Waals surface area contributed by atoms with Crippen molar-refractivity contribution in [2.24, 2.45) is 0 Å². The maximum absolute atomic E-state index is 6.11. The molecule has 0 saturated carbocycles. The van der Waals surface area contributed by atoms with E-state index in [1.54, 1.807) is 18.4 Å². The Hall–Kier alpha value is -3.42. The van der Waals surface area contributed by atoms with Crippen LogP contribution < -0.4 is 14.8 Å². The Morgan fingerprint density at radius 2 is 1.87 bits per heavy atom. The van der Waals surface area contributed by atoms with Crippen LogP contribution in [0.3, 0.4) is 0 Å². The van der Waals surface area contributed by atoms with Gasteiger partial charge in [0.1, 0.15) is 23.8 Å². The first-order chi connectivity index (χ1) is 15.2. The minimum atomic E-state index is 0.339. The van der Waals surface area contributed by atoms with Gasteiger partial charge in [0.05, 0.1) is 22.8 Å². The first-order valence-electron chi connectivity index (χ1n) is 9.52. The number of aromatic nitrogens is 3. The van der Waals surface area contributed by atoms with E-state index in [2.05, 4.69) is 26.3 Å². The first-order valence-corrected chi connectivity index (χ1v) is 10.7. The van der Waals surface area contributed by atoms with Gasteiger partial charge in [-0.3, -0.25) is 0 Å². The molecule has 3 aromatic carbocycles. The SMILES string of the molecule is COc1cc2ncnc(Nc3cccc(Cl)c3)c2cc1OCc1nc2ccccc2s1. The van der Waals surface area contributed by atoms with Gasteiger partial charge in [0.25, 0.3) is 0 Å². The predicted octanol–water partition coefficient (Wildman–Crippen LogP) is 6.22. The molecule has 0 aliphatic heterocycles. The molecule has 0 fully saturated rings. The number of halogens is 1. The molecule has 1 N–H and O–H groups in total. The minimum Gasteiger partial charge on any atom is -0.493 e. The minimum absolute atomic E-state index is 0.339. The van der Waals surface area contributed by atoms with E-state index in [1.165, 1.54) is 6.33 Å². The first kappa shape index (κ1) is 19.5. The number of ether oxygens (including phenoxy) is 2. The highest BCUT2D eigenvalue weighted by Gasteiger charge is 2.13. The molecule has 0 amide bonds. The number of para-hydroxylation sites is 1. The third-order valence-corrected chi connectivity index (χ3v) is 5.94. The van der Waals surface area contributed by atoms with Crippen LogP contribution in [0.25, 0.3) is 21.1 Å². The summed E-state index contributed by atoms with van der Waals surface area (Å²) in [5.41, 5.74) is 2.54. The van der Waals surface area contributed by atoms with Crippen LogP contribution >= 0.6 is 22.9 Å². The highest BCUT2D eigenvalue weighted by atomic mass is 35.5. The number of fused-ring (bicyclic) bond motifs is 2. The van der Waals surface area contributed by atoms with Gasteiger partial charge < -0.3 is 14.8 Å². The summed E-state index contributed by atoms with van der Waals surface area (Å²) in [5, 5.41) is 5.65. The molecule has 154 valence electrons. The number of thiazole rings is 1. The van der Waals surface area contributed by atoms with Gasteiger partial charge >= 0.3 is 0 Å². The van der Waals surface area contributed by atoms with Crippen LogP contribution in [0, 0.1) is 0 Å². The largest absolute Gasteiger partial charge is 0.493 e. The monoisotopic (exact) mass is 448 g/mol. The second-order valence-electron chi connectivity index (χ2n) is 6.74. The number of hydrogen-bond donors (Lipinski definition) is 1. The van der Waals surface area contributed by atoms with Crippen molar-refractivity contribution in [3.05, 3.63) is 77.0 Å². The molecule has 5 aromatic rings. The number of rotatable bonds is 6. The molecule has 0 spiro atoms. The molecule has 0 unspecified atom stereocenters. The maximum atomic E-state index is 6.11. The van der Waals surface area contributed by atoms with E-state index in [1.807, 2.05) is 54.6 Å². The van der Waals surface area contributed by atoms with Crippen LogP contribution in [-0.4, -0.2) is 22.1 Å². The second-order valence-corrected chi connectivity index (χ2v) is 8.29. The van der Waals surface area contributed by atoms with Gasteiger partial charge in [-0.15, -0.1) is 11.3 Å². The summed E-state index contributed by atoms with van der Waals surface area (Å²) >= 11 is 7.72. The summed E-state index contributed by atoms with van der Waals surface area (Å²) in [6, 6.07) is 19.2. The standard InChI is InChI=1S/C23H17ClN4O2S/c1-29-19-11-18-16(23(26-13-25-18)27-15-6-4-5-14(24)9-15)10-20(19)30-12-22-28-17-7-2-3-8-21(17)31-22/h2-11,13H,12H2,1H3,(H,25,26,27). The van der Waals surface area contributed by atoms with Crippen molar-refractivity contribution in [3.63, 3.8) is 0 Å². The smallest absolute Gasteiger partial charge is 0.162 e. The van der Waals surface area contributed by atoms with Crippen molar-refractivity contribution in [2.75, 3.05) is 12.4 Å². The molecule has 0 atom stereocenters. The molecular formula is C23H17ClN4O2S. The molecule has 6 nitrogen and oxygen atoms in total. The van der Waals surface area contributed by atoms with Crippen LogP contribution in [0.15, 0.2) is 67.0 Å². The van der Waals surface area contributed by atoms with Gasteiger partial charge in [0.2, 0.25) is 0 Å². The molecule has 2 aromatic heterocycles. The van der Waals surface area contributed by atoms with E-state index < -0.39 is 0 Å². The summed E-state index contributed by atoms with van der Waals surface area (Å²) in [6.45, 7) is 0.339. The maximum Gasteiger partial charge on any atom is 0.162 e. The fourth-order valence-corrected chi connectivity index (χ4v) is 4.33. The Morgan fingerprint density at radius 1 is 0.968 bits per heavy atom. The molecule has 0 saturated heterocycles. The molecule has 5 rings (SSSR count). The topological polar surface area (TPSA) is 69.2 Å². The van der Waals surface area contributed by atoms with Gasteiger partial charge in [-0.2, -0.15) is 0 Å². The van der Waals surface area contributed by atoms with E-state index in [9.17, 15) is 0 Å². The predicted molar refractivity (Wildman–Crippen MR) is 125 cm³/mol. The fraction of sp³-hybridized carbons (Fsp3) is 0.0870. The summed E-state index contributed by atoms with van der Waals surface area (Å²) in [6.07, 6.45) is 1.51. The average molecular weight is 449 g/mol. The summed E-state index contributed by atoms with van der Waals surface area (Å²) in [4.78, 5) is 13.4. The van der Waals surface area contributed by atoms with Crippen LogP contribution in [0.2, 0.25) is 5.02 Å². The van der Waals surface area contributed by atoms with Crippen molar-refractivity contribution in [3.8, 4) is 11.5 Å². The van der Waals surface area contributed by atoms with Gasteiger partial charge in [-0.25, -0.2) is 15.0 Å². The summed E-state index contributed by atoms with van der Waals surface area (Å²) in [7, 11) is 1.61. The van der Waals surface area contributed by atoms with E-state index >= 15 is 0 Å². The molecule has 31 heavy (non-hydrogen) atoms. The number of hydrogen-bond acceptors (Lipinski definition) is 7. The zero-order chi connectivity index (χ0) is 21.2. The number of benzene rings is 3. The van der Waals surface area contributed by atoms with Crippen molar-refractivity contribution < 1.29 is 9.47 Å². The Kier molecular flexibility index (Phi) is 5.28. The van der Waals surface area contributed by atoms with Gasteiger partial charge in [-0.1, -0.05) is 29.8 Å². The average Bonchev–Trinajstić information content (AvgIpc) is 3.20. The van der Waals surface area contributed by atoms with E-state index in [0.717, 1.165) is 31.8 Å². The number of methoxy groups -OCH3 is 1. The van der Waals surface area contributed by atoms with Crippen LogP contribution in [-0.2, 0) is 6.61 Å². The molecule has 0 bridgehead atoms. The van der Waals surface area contributed by atoms with E-state index in [0.29, 0.717) is 28.9 Å². The number of anilines is 2. The van der Waals surface area contributed by atoms with Crippen LogP contribution in [0.1, 0.15) is 5.01 Å². The highest BCUT2D eigenvalue weighted by Crippen LogP contribution is 2.35. The fourth-order valence-electron chi connectivity index (χ4n) is 3.26. The lowest BCUT2D eigenvalue weighted by molar-refractivity contribution is 0.285. The van der Waals surface area contributed by atoms with Crippen molar-refractivity contribution in [2.45, 2.75) is 6.61 Å². The number of nitrogens with zero attached hydrogens (tertiary/aromatic N) is 3. The quantitative estimate of drug-likeness (QED) is 0.332.